The van der Waals surface area contributed by atoms with Gasteiger partial charge in [-0.05, 0) is 35.8 Å². The van der Waals surface area contributed by atoms with E-state index in [9.17, 15) is 27.9 Å². The number of rotatable bonds is 6. The van der Waals surface area contributed by atoms with Crippen LogP contribution in [0.2, 0.25) is 0 Å². The van der Waals surface area contributed by atoms with E-state index in [0.717, 1.165) is 24.0 Å². The predicted octanol–water partition coefficient (Wildman–Crippen LogP) is 2.38. The molecule has 1 fully saturated rings. The molecule has 0 saturated heterocycles. The van der Waals surface area contributed by atoms with Crippen molar-refractivity contribution in [3.63, 3.8) is 0 Å². The molecule has 2 aliphatic carbocycles. The number of nitrogens with two attached hydrogens (primary N) is 1. The number of alkyl halides is 3. The first-order valence-corrected chi connectivity index (χ1v) is 12.3. The fourth-order valence-electron chi connectivity index (χ4n) is 5.17. The number of aliphatic hydroxyl groups excluding tert-OH is 1. The van der Waals surface area contributed by atoms with Gasteiger partial charge in [-0.2, -0.15) is 13.2 Å². The number of hydrogen-bond acceptors (Lipinski definition) is 6. The van der Waals surface area contributed by atoms with Gasteiger partial charge >= 0.3 is 12.1 Å². The van der Waals surface area contributed by atoms with Gasteiger partial charge in [0, 0.05) is 18.9 Å². The summed E-state index contributed by atoms with van der Waals surface area (Å²) in [5.41, 5.74) is 7.84. The lowest BCUT2D eigenvalue weighted by molar-refractivity contribution is -0.192. The molecule has 0 spiro atoms. The molecule has 37 heavy (non-hydrogen) atoms. The number of halogens is 3. The Morgan fingerprint density at radius 3 is 2.38 bits per heavy atom. The molecule has 0 aromatic heterocycles. The summed E-state index contributed by atoms with van der Waals surface area (Å²) in [6.07, 6.45) is -3.22. The summed E-state index contributed by atoms with van der Waals surface area (Å²) in [5.74, 6) is -2.54. The number of carboxylic acids is 1. The van der Waals surface area contributed by atoms with Crippen LogP contribution in [0.4, 0.5) is 13.2 Å². The number of guanidine groups is 1. The molecule has 3 unspecified atom stereocenters. The van der Waals surface area contributed by atoms with E-state index >= 15 is 0 Å². The molecule has 1 aromatic rings. The Morgan fingerprint density at radius 1 is 1.24 bits per heavy atom. The molecule has 1 aliphatic heterocycles. The topological polar surface area (TPSA) is 145 Å². The largest absolute Gasteiger partial charge is 0.490 e. The highest BCUT2D eigenvalue weighted by atomic mass is 19.4. The second-order valence-corrected chi connectivity index (χ2v) is 9.89. The van der Waals surface area contributed by atoms with E-state index in [1.165, 1.54) is 0 Å². The number of amides is 2. The highest BCUT2D eigenvalue weighted by molar-refractivity contribution is 5.99. The van der Waals surface area contributed by atoms with Crippen molar-refractivity contribution < 1.29 is 37.8 Å². The molecule has 3 aliphatic rings. The van der Waals surface area contributed by atoms with E-state index in [0.29, 0.717) is 19.4 Å². The van der Waals surface area contributed by atoms with Crippen molar-refractivity contribution in [3.05, 3.63) is 35.4 Å². The zero-order chi connectivity index (χ0) is 27.7. The second kappa shape index (κ2) is 10.7. The number of hydrogen-bond donors (Lipinski definition) is 4. The average molecular weight is 527 g/mol. The van der Waals surface area contributed by atoms with E-state index in [1.807, 2.05) is 45.0 Å². The Balaban J connectivity index is 0.000000479. The van der Waals surface area contributed by atoms with Crippen LogP contribution >= 0.6 is 0 Å². The van der Waals surface area contributed by atoms with Gasteiger partial charge in [0.25, 0.3) is 0 Å². The molecule has 204 valence electrons. The van der Waals surface area contributed by atoms with Crippen LogP contribution in [0, 0.1) is 17.8 Å². The predicted molar refractivity (Wildman–Crippen MR) is 128 cm³/mol. The van der Waals surface area contributed by atoms with Gasteiger partial charge in [0.1, 0.15) is 0 Å². The standard InChI is InChI=1S/C23H32N4O3.C2HF3O2/c1-4-23(5-2)11-18(29)27(22(24)26-23)12-16-13(3)19(16)21(30)25-20-15-9-7-6-8-14(15)10-17(20)28;3-2(4,5)1(6)7/h6-9,13,16-17,19-20,28H,4-5,10-12H2,1-3H3,(H2,24,26)(H,25,30);(H,6,7)/t13?,16?,17-,19?,20-;/m1./s1. The van der Waals surface area contributed by atoms with Gasteiger partial charge in [-0.15, -0.1) is 0 Å². The van der Waals surface area contributed by atoms with Crippen molar-refractivity contribution in [2.24, 2.45) is 28.5 Å². The lowest BCUT2D eigenvalue weighted by Crippen LogP contribution is -2.52. The third-order valence-corrected chi connectivity index (χ3v) is 7.73. The maximum atomic E-state index is 13.0. The summed E-state index contributed by atoms with van der Waals surface area (Å²) in [6, 6.07) is 7.45. The van der Waals surface area contributed by atoms with Crippen molar-refractivity contribution in [1.29, 1.82) is 0 Å². The Labute approximate surface area is 212 Å². The van der Waals surface area contributed by atoms with Gasteiger partial charge in [-0.25, -0.2) is 9.79 Å². The zero-order valence-electron chi connectivity index (χ0n) is 21.0. The minimum absolute atomic E-state index is 0.00963. The zero-order valence-corrected chi connectivity index (χ0v) is 21.0. The Morgan fingerprint density at radius 2 is 1.84 bits per heavy atom. The van der Waals surface area contributed by atoms with E-state index < -0.39 is 23.8 Å². The summed E-state index contributed by atoms with van der Waals surface area (Å²) in [7, 11) is 0. The number of benzene rings is 1. The molecule has 12 heteroatoms. The molecular formula is C25H33F3N4O5. The van der Waals surface area contributed by atoms with E-state index in [-0.39, 0.29) is 41.6 Å². The van der Waals surface area contributed by atoms with Crippen molar-refractivity contribution in [2.75, 3.05) is 6.54 Å². The van der Waals surface area contributed by atoms with Crippen LogP contribution in [0.25, 0.3) is 0 Å². The van der Waals surface area contributed by atoms with Gasteiger partial charge in [0.05, 0.1) is 24.1 Å². The SMILES string of the molecule is CCC1(CC)CC(=O)N(CC2C(C)C2C(=O)N[C@@H]2c3ccccc3C[C@H]2O)C(N)=N1.O=C(O)C(F)(F)F. The van der Waals surface area contributed by atoms with Gasteiger partial charge < -0.3 is 21.3 Å². The summed E-state index contributed by atoms with van der Waals surface area (Å²) in [6.45, 7) is 6.50. The number of aliphatic hydroxyl groups is 1. The maximum Gasteiger partial charge on any atom is 0.490 e. The van der Waals surface area contributed by atoms with Gasteiger partial charge in [0.2, 0.25) is 11.8 Å². The van der Waals surface area contributed by atoms with Crippen LogP contribution in [0.15, 0.2) is 29.3 Å². The first-order chi connectivity index (χ1) is 17.2. The number of aliphatic imine (C=N–C) groups is 1. The maximum absolute atomic E-state index is 13.0. The van der Waals surface area contributed by atoms with Crippen molar-refractivity contribution in [3.8, 4) is 0 Å². The van der Waals surface area contributed by atoms with E-state index in [2.05, 4.69) is 10.3 Å². The first kappa shape index (κ1) is 28.4. The van der Waals surface area contributed by atoms with Crippen LogP contribution in [-0.4, -0.2) is 63.2 Å². The Bertz CT molecular complexity index is 1070. The van der Waals surface area contributed by atoms with Gasteiger partial charge in [-0.1, -0.05) is 45.0 Å². The monoisotopic (exact) mass is 526 g/mol. The van der Waals surface area contributed by atoms with Gasteiger partial charge in [0.15, 0.2) is 5.96 Å². The summed E-state index contributed by atoms with van der Waals surface area (Å²) in [4.78, 5) is 40.8. The Hall–Kier alpha value is -3.15. The molecule has 0 radical (unpaired) electrons. The third kappa shape index (κ3) is 6.06. The summed E-state index contributed by atoms with van der Waals surface area (Å²) in [5, 5.41) is 20.6. The van der Waals surface area contributed by atoms with Crippen molar-refractivity contribution in [2.45, 2.75) is 70.3 Å². The number of carboxylic acid groups (broad SMARTS) is 1. The first-order valence-electron chi connectivity index (χ1n) is 12.3. The number of carbonyl (C=O) groups is 3. The Kier molecular flexibility index (Phi) is 8.21. The van der Waals surface area contributed by atoms with Crippen LogP contribution < -0.4 is 11.1 Å². The molecule has 9 nitrogen and oxygen atoms in total. The molecule has 2 amide bonds. The molecule has 5 atom stereocenters. The molecule has 4 rings (SSSR count). The quantitative estimate of drug-likeness (QED) is 0.448. The molecule has 0 bridgehead atoms. The van der Waals surface area contributed by atoms with E-state index in [4.69, 9.17) is 15.6 Å². The van der Waals surface area contributed by atoms with Crippen LogP contribution in [0.1, 0.15) is 57.2 Å². The van der Waals surface area contributed by atoms with Gasteiger partial charge in [-0.3, -0.25) is 14.5 Å². The van der Waals surface area contributed by atoms with Crippen LogP contribution in [-0.2, 0) is 20.8 Å². The minimum Gasteiger partial charge on any atom is -0.475 e. The number of fused-ring (bicyclic) bond motifs is 1. The minimum atomic E-state index is -5.08. The average Bonchev–Trinajstić information content (AvgIpc) is 3.36. The number of aliphatic carboxylic acids is 1. The van der Waals surface area contributed by atoms with Crippen molar-refractivity contribution in [1.82, 2.24) is 10.2 Å². The summed E-state index contributed by atoms with van der Waals surface area (Å²) >= 11 is 0. The molecule has 1 heterocycles. The van der Waals surface area contributed by atoms with Crippen LogP contribution in [0.5, 0.6) is 0 Å². The van der Waals surface area contributed by atoms with E-state index in [1.54, 1.807) is 4.90 Å². The lowest BCUT2D eigenvalue weighted by Gasteiger charge is -2.36. The number of nitrogens with zero attached hydrogens (tertiary/aromatic N) is 2. The molecule has 1 aromatic carbocycles. The lowest BCUT2D eigenvalue weighted by atomic mass is 9.88. The second-order valence-electron chi connectivity index (χ2n) is 9.89. The van der Waals surface area contributed by atoms with Crippen molar-refractivity contribution >= 4 is 23.7 Å². The number of nitrogens with one attached hydrogen (secondary N) is 1. The number of carbonyl (C=O) groups excluding carboxylic acids is 2. The fourth-order valence-corrected chi connectivity index (χ4v) is 5.17. The molecule has 5 N–H and O–H groups in total. The molecular weight excluding hydrogens is 493 g/mol. The fraction of sp³-hybridized carbons (Fsp3) is 0.600. The normalized spacial score (nSPS) is 28.0. The van der Waals surface area contributed by atoms with Crippen LogP contribution in [0.3, 0.4) is 0 Å². The highest BCUT2D eigenvalue weighted by Gasteiger charge is 2.54. The third-order valence-electron chi connectivity index (χ3n) is 7.73. The highest BCUT2D eigenvalue weighted by Crippen LogP contribution is 2.47. The smallest absolute Gasteiger partial charge is 0.475 e. The summed E-state index contributed by atoms with van der Waals surface area (Å²) < 4.78 is 31.7. The molecule has 1 saturated carbocycles.